The molecule has 11 heteroatoms. The maximum absolute atomic E-state index is 14.9. The number of para-hydroxylation sites is 1. The second-order valence-corrected chi connectivity index (χ2v) is 14.2. The number of hydrogen-bond donors (Lipinski definition) is 2. The number of amides is 3. The average Bonchev–Trinajstić information content (AvgIpc) is 3.76. The summed E-state index contributed by atoms with van der Waals surface area (Å²) < 4.78 is 13.0. The number of allylic oxidation sites excluding steroid dienone is 1. The Kier molecular flexibility index (Phi) is 12.8. The molecule has 1 spiro atoms. The summed E-state index contributed by atoms with van der Waals surface area (Å²) in [5, 5.41) is 12.6. The zero-order valence-electron chi connectivity index (χ0n) is 29.6. The van der Waals surface area contributed by atoms with Crippen LogP contribution in [0, 0.1) is 18.8 Å². The van der Waals surface area contributed by atoms with Crippen LogP contribution in [-0.4, -0.2) is 77.2 Å². The molecule has 3 saturated heterocycles. The van der Waals surface area contributed by atoms with Gasteiger partial charge < -0.3 is 29.7 Å². The van der Waals surface area contributed by atoms with Crippen molar-refractivity contribution >= 4 is 41.0 Å². The number of benzene rings is 2. The van der Waals surface area contributed by atoms with E-state index >= 15 is 0 Å². The molecule has 3 heterocycles. The molecule has 51 heavy (non-hydrogen) atoms. The summed E-state index contributed by atoms with van der Waals surface area (Å²) in [5.74, 6) is -3.31. The molecule has 2 aromatic rings. The zero-order chi connectivity index (χ0) is 36.7. The Morgan fingerprint density at radius 2 is 1.86 bits per heavy atom. The molecule has 2 bridgehead atoms. The van der Waals surface area contributed by atoms with Gasteiger partial charge in [0.2, 0.25) is 11.8 Å². The lowest BCUT2D eigenvalue weighted by atomic mass is 9.70. The molecule has 5 rings (SSSR count). The lowest BCUT2D eigenvalue weighted by Gasteiger charge is -2.37. The highest BCUT2D eigenvalue weighted by Gasteiger charge is 2.75. The highest BCUT2D eigenvalue weighted by Crippen LogP contribution is 2.59. The van der Waals surface area contributed by atoms with E-state index in [0.29, 0.717) is 54.9 Å². The highest BCUT2D eigenvalue weighted by molar-refractivity contribution is 6.34. The molecule has 2 N–H and O–H groups in total. The zero-order valence-corrected chi connectivity index (χ0v) is 30.4. The third kappa shape index (κ3) is 7.78. The Morgan fingerprint density at radius 1 is 1.12 bits per heavy atom. The van der Waals surface area contributed by atoms with E-state index in [1.54, 1.807) is 34.9 Å². The third-order valence-electron chi connectivity index (χ3n) is 10.4. The second-order valence-electron chi connectivity index (χ2n) is 13.8. The predicted molar refractivity (Wildman–Crippen MR) is 196 cm³/mol. The third-order valence-corrected chi connectivity index (χ3v) is 10.7. The monoisotopic (exact) mass is 719 g/mol. The van der Waals surface area contributed by atoms with Crippen molar-refractivity contribution in [2.45, 2.75) is 95.1 Å². The Labute approximate surface area is 305 Å². The van der Waals surface area contributed by atoms with Gasteiger partial charge >= 0.3 is 5.97 Å². The summed E-state index contributed by atoms with van der Waals surface area (Å²) in [6.45, 7) is 11.8. The van der Waals surface area contributed by atoms with Crippen LogP contribution in [0.4, 0.5) is 5.69 Å². The van der Waals surface area contributed by atoms with Gasteiger partial charge in [0.1, 0.15) is 17.7 Å². The van der Waals surface area contributed by atoms with E-state index in [2.05, 4.69) is 18.5 Å². The smallest absolute Gasteiger partial charge is 0.313 e. The fourth-order valence-electron chi connectivity index (χ4n) is 8.16. The molecular formula is C40H50ClN3O7. The van der Waals surface area contributed by atoms with Gasteiger partial charge in [0.25, 0.3) is 5.91 Å². The van der Waals surface area contributed by atoms with Crippen LogP contribution in [0.1, 0.15) is 75.5 Å². The van der Waals surface area contributed by atoms with Crippen LogP contribution in [0.3, 0.4) is 0 Å². The number of unbranched alkanes of at least 4 members (excludes halogenated alkanes) is 3. The normalized spacial score (nSPS) is 24.5. The standard InChI is InChI=1S/C40H50ClN3O7/c1-5-7-20-31(46)42-27(4)35(28-17-11-10-12-18-28)50-39(49)32-30-21-22-40(51-30)33(32)37(47)44(24-13-8-9-14-25-45)36(40)38(48)43(23-6-2)34-26(3)16-15-19-29(34)41/h5-6,10-12,15-19,27,30,32-33,35-36,45H,1-2,7-9,13-14,20-25H2,3-4H3,(H,42,46)/t27-,30+,32-,33-,35-,36+,40-/m1/s1. The van der Waals surface area contributed by atoms with Gasteiger partial charge in [0.05, 0.1) is 34.7 Å². The summed E-state index contributed by atoms with van der Waals surface area (Å²) >= 11 is 6.69. The van der Waals surface area contributed by atoms with Gasteiger partial charge in [0, 0.05) is 26.1 Å². The summed E-state index contributed by atoms with van der Waals surface area (Å²) in [6.07, 6.45) is 6.33. The van der Waals surface area contributed by atoms with Gasteiger partial charge in [-0.2, -0.15) is 0 Å². The topological polar surface area (TPSA) is 125 Å². The number of hydrogen-bond acceptors (Lipinski definition) is 7. The van der Waals surface area contributed by atoms with E-state index < -0.39 is 47.7 Å². The lowest BCUT2D eigenvalue weighted by molar-refractivity contribution is -0.162. The van der Waals surface area contributed by atoms with Crippen molar-refractivity contribution in [3.8, 4) is 0 Å². The van der Waals surface area contributed by atoms with Crippen molar-refractivity contribution in [3.05, 3.63) is 90.0 Å². The number of carbonyl (C=O) groups excluding carboxylic acids is 4. The molecule has 3 fully saturated rings. The fraction of sp³-hybridized carbons (Fsp3) is 0.500. The van der Waals surface area contributed by atoms with Crippen LogP contribution in [-0.2, 0) is 28.7 Å². The van der Waals surface area contributed by atoms with Crippen LogP contribution in [0.2, 0.25) is 5.02 Å². The number of aliphatic hydroxyl groups is 1. The van der Waals surface area contributed by atoms with Gasteiger partial charge in [-0.05, 0) is 63.1 Å². The van der Waals surface area contributed by atoms with Gasteiger partial charge in [-0.3, -0.25) is 19.2 Å². The Morgan fingerprint density at radius 3 is 2.55 bits per heavy atom. The van der Waals surface area contributed by atoms with Gasteiger partial charge in [-0.25, -0.2) is 0 Å². The van der Waals surface area contributed by atoms with Crippen molar-refractivity contribution < 1.29 is 33.8 Å². The number of anilines is 1. The Bertz CT molecular complexity index is 1580. The first-order chi connectivity index (χ1) is 24.6. The minimum atomic E-state index is -1.24. The molecule has 274 valence electrons. The molecule has 2 aromatic carbocycles. The second kappa shape index (κ2) is 17.0. The number of aliphatic hydroxyl groups excluding tert-OH is 1. The van der Waals surface area contributed by atoms with Crippen molar-refractivity contribution in [1.29, 1.82) is 0 Å². The van der Waals surface area contributed by atoms with E-state index in [1.807, 2.05) is 49.4 Å². The molecule has 0 aliphatic carbocycles. The largest absolute Gasteiger partial charge is 0.455 e. The average molecular weight is 720 g/mol. The maximum atomic E-state index is 14.9. The van der Waals surface area contributed by atoms with Crippen molar-refractivity contribution in [2.75, 3.05) is 24.6 Å². The number of esters is 1. The molecular weight excluding hydrogens is 670 g/mol. The molecule has 3 aliphatic rings. The van der Waals surface area contributed by atoms with E-state index in [1.165, 1.54) is 0 Å². The van der Waals surface area contributed by atoms with E-state index in [-0.39, 0.29) is 37.3 Å². The number of nitrogens with one attached hydrogen (secondary N) is 1. The van der Waals surface area contributed by atoms with Crippen molar-refractivity contribution in [2.24, 2.45) is 11.8 Å². The number of nitrogens with zero attached hydrogens (tertiary/aromatic N) is 2. The number of carbonyl (C=O) groups is 4. The highest BCUT2D eigenvalue weighted by atomic mass is 35.5. The number of aryl methyl sites for hydroxylation is 1. The number of likely N-dealkylation sites (tertiary alicyclic amines) is 1. The SMILES string of the molecule is C=CCCC(=O)N[C@H](C)[C@@H](OC(=O)[C@@H]1[C@@H]2CC[C@]3(O2)[C@H](C(=O)N(CC=C)c2c(C)cccc2Cl)N(CCCCCCO)C(=O)[C@@H]13)c1ccccc1. The summed E-state index contributed by atoms with van der Waals surface area (Å²) in [7, 11) is 0. The first kappa shape index (κ1) is 38.2. The molecule has 0 radical (unpaired) electrons. The van der Waals surface area contributed by atoms with Crippen LogP contribution in [0.5, 0.6) is 0 Å². The lowest BCUT2D eigenvalue weighted by Crippen LogP contribution is -2.56. The molecule has 3 amide bonds. The minimum absolute atomic E-state index is 0.0861. The van der Waals surface area contributed by atoms with Gasteiger partial charge in [0.15, 0.2) is 0 Å². The minimum Gasteiger partial charge on any atom is -0.455 e. The first-order valence-corrected chi connectivity index (χ1v) is 18.4. The maximum Gasteiger partial charge on any atom is 0.313 e. The molecule has 0 saturated carbocycles. The summed E-state index contributed by atoms with van der Waals surface area (Å²) in [6, 6.07) is 13.0. The van der Waals surface area contributed by atoms with Gasteiger partial charge in [-0.15, -0.1) is 13.2 Å². The Balaban J connectivity index is 1.48. The van der Waals surface area contributed by atoms with E-state index in [0.717, 1.165) is 18.4 Å². The van der Waals surface area contributed by atoms with Crippen molar-refractivity contribution in [1.82, 2.24) is 10.2 Å². The quantitative estimate of drug-likeness (QED) is 0.113. The molecule has 7 atom stereocenters. The first-order valence-electron chi connectivity index (χ1n) is 18.0. The van der Waals surface area contributed by atoms with E-state index in [4.69, 9.17) is 21.1 Å². The van der Waals surface area contributed by atoms with Crippen LogP contribution >= 0.6 is 11.6 Å². The van der Waals surface area contributed by atoms with Crippen LogP contribution in [0.15, 0.2) is 73.8 Å². The number of halogens is 1. The molecule has 3 aliphatic heterocycles. The fourth-order valence-corrected chi connectivity index (χ4v) is 8.49. The molecule has 0 unspecified atom stereocenters. The van der Waals surface area contributed by atoms with Crippen molar-refractivity contribution in [3.63, 3.8) is 0 Å². The molecule has 0 aromatic heterocycles. The van der Waals surface area contributed by atoms with Crippen LogP contribution < -0.4 is 10.2 Å². The summed E-state index contributed by atoms with van der Waals surface area (Å²) in [4.78, 5) is 59.8. The van der Waals surface area contributed by atoms with Gasteiger partial charge in [-0.1, -0.05) is 79.1 Å². The summed E-state index contributed by atoms with van der Waals surface area (Å²) in [5.41, 5.74) is 0.793. The Hall–Kier alpha value is -3.99. The predicted octanol–water partition coefficient (Wildman–Crippen LogP) is 5.85. The molecule has 10 nitrogen and oxygen atoms in total. The van der Waals surface area contributed by atoms with E-state index in [9.17, 15) is 24.3 Å². The van der Waals surface area contributed by atoms with Crippen LogP contribution in [0.25, 0.3) is 0 Å². The number of ether oxygens (including phenoxy) is 2. The number of fused-ring (bicyclic) bond motifs is 1. The number of rotatable bonds is 18.